The number of hydrogen-bond donors (Lipinski definition) is 1. The number of halogens is 1. The molecule has 2 aromatic rings. The number of nitro groups is 1. The van der Waals surface area contributed by atoms with E-state index in [0.717, 1.165) is 11.4 Å². The van der Waals surface area contributed by atoms with Crippen LogP contribution in [0.3, 0.4) is 0 Å². The van der Waals surface area contributed by atoms with E-state index in [9.17, 15) is 10.1 Å². The Morgan fingerprint density at radius 2 is 2.26 bits per heavy atom. The molecule has 1 aromatic carbocycles. The van der Waals surface area contributed by atoms with Crippen molar-refractivity contribution >= 4 is 17.3 Å². The van der Waals surface area contributed by atoms with Gasteiger partial charge in [-0.15, -0.1) is 0 Å². The molecule has 7 heteroatoms. The molecule has 0 spiro atoms. The highest BCUT2D eigenvalue weighted by Crippen LogP contribution is 2.13. The molecule has 0 aliphatic heterocycles. The zero-order chi connectivity index (χ0) is 13.8. The minimum absolute atomic E-state index is 0.0966. The molecule has 0 unspecified atom stereocenters. The molecule has 0 aliphatic rings. The number of nitro benzene ring substituents is 1. The van der Waals surface area contributed by atoms with E-state index in [-0.39, 0.29) is 5.69 Å². The summed E-state index contributed by atoms with van der Waals surface area (Å²) in [5, 5.41) is 14.4. The molecule has 0 aliphatic carbocycles. The van der Waals surface area contributed by atoms with Crippen LogP contribution in [0.1, 0.15) is 11.4 Å². The molecule has 0 bridgehead atoms. The van der Waals surface area contributed by atoms with Crippen molar-refractivity contribution in [3.8, 4) is 0 Å². The molecule has 19 heavy (non-hydrogen) atoms. The highest BCUT2D eigenvalue weighted by Gasteiger charge is 2.06. The third kappa shape index (κ3) is 3.30. The summed E-state index contributed by atoms with van der Waals surface area (Å²) in [6.45, 7) is 1.08. The van der Waals surface area contributed by atoms with E-state index in [2.05, 4.69) is 10.3 Å². The van der Waals surface area contributed by atoms with E-state index in [0.29, 0.717) is 18.2 Å². The van der Waals surface area contributed by atoms with Gasteiger partial charge >= 0.3 is 0 Å². The van der Waals surface area contributed by atoms with Crippen LogP contribution in [-0.4, -0.2) is 14.5 Å². The highest BCUT2D eigenvalue weighted by atomic mass is 35.5. The summed E-state index contributed by atoms with van der Waals surface area (Å²) in [4.78, 5) is 14.4. The van der Waals surface area contributed by atoms with Gasteiger partial charge in [0, 0.05) is 25.7 Å². The predicted molar refractivity (Wildman–Crippen MR) is 71.9 cm³/mol. The lowest BCUT2D eigenvalue weighted by Crippen LogP contribution is -2.15. The molecule has 0 saturated heterocycles. The molecule has 2 rings (SSSR count). The highest BCUT2D eigenvalue weighted by molar-refractivity contribution is 6.29. The van der Waals surface area contributed by atoms with Crippen LogP contribution in [0, 0.1) is 10.1 Å². The third-order valence-corrected chi connectivity index (χ3v) is 3.11. The number of aromatic nitrogens is 2. The Balaban J connectivity index is 1.94. The minimum Gasteiger partial charge on any atom is -0.321 e. The normalized spacial score (nSPS) is 10.6. The molecule has 6 nitrogen and oxygen atoms in total. The van der Waals surface area contributed by atoms with Gasteiger partial charge in [0.25, 0.3) is 5.69 Å². The Morgan fingerprint density at radius 3 is 2.89 bits per heavy atom. The Bertz CT molecular complexity index is 597. The van der Waals surface area contributed by atoms with Crippen molar-refractivity contribution in [1.29, 1.82) is 0 Å². The average Bonchev–Trinajstić information content (AvgIpc) is 2.71. The fourth-order valence-corrected chi connectivity index (χ4v) is 1.83. The fraction of sp³-hybridized carbons (Fsp3) is 0.250. The molecule has 0 fully saturated rings. The summed E-state index contributed by atoms with van der Waals surface area (Å²) < 4.78 is 1.78. The van der Waals surface area contributed by atoms with Crippen LogP contribution in [0.15, 0.2) is 30.5 Å². The van der Waals surface area contributed by atoms with E-state index in [1.807, 2.05) is 13.1 Å². The Labute approximate surface area is 115 Å². The number of nitrogens with one attached hydrogen (secondary N) is 1. The minimum atomic E-state index is -0.401. The van der Waals surface area contributed by atoms with Crippen LogP contribution in [0.4, 0.5) is 5.69 Å². The second-order valence-corrected chi connectivity index (χ2v) is 4.47. The number of rotatable bonds is 5. The van der Waals surface area contributed by atoms with Crippen LogP contribution in [0.2, 0.25) is 5.15 Å². The Hall–Kier alpha value is -1.92. The second kappa shape index (κ2) is 5.81. The van der Waals surface area contributed by atoms with E-state index in [1.54, 1.807) is 22.9 Å². The van der Waals surface area contributed by atoms with E-state index in [4.69, 9.17) is 11.6 Å². The first kappa shape index (κ1) is 13.5. The molecular formula is C12H13ClN4O2. The van der Waals surface area contributed by atoms with Gasteiger partial charge in [-0.2, -0.15) is 0 Å². The van der Waals surface area contributed by atoms with Crippen molar-refractivity contribution in [3.05, 3.63) is 57.1 Å². The first-order valence-electron chi connectivity index (χ1n) is 5.68. The van der Waals surface area contributed by atoms with E-state index < -0.39 is 4.92 Å². The van der Waals surface area contributed by atoms with Crippen LogP contribution in [-0.2, 0) is 20.1 Å². The molecule has 100 valence electrons. The van der Waals surface area contributed by atoms with Gasteiger partial charge in [0.15, 0.2) is 0 Å². The average molecular weight is 281 g/mol. The van der Waals surface area contributed by atoms with Crippen molar-refractivity contribution in [1.82, 2.24) is 14.9 Å². The maximum atomic E-state index is 10.7. The van der Waals surface area contributed by atoms with E-state index in [1.165, 1.54) is 6.07 Å². The van der Waals surface area contributed by atoms with Crippen LogP contribution in [0.25, 0.3) is 0 Å². The molecule has 0 atom stereocenters. The second-order valence-electron chi connectivity index (χ2n) is 4.09. The zero-order valence-corrected chi connectivity index (χ0v) is 11.1. The Kier molecular flexibility index (Phi) is 4.13. The van der Waals surface area contributed by atoms with Gasteiger partial charge in [-0.3, -0.25) is 10.1 Å². The lowest BCUT2D eigenvalue weighted by Gasteiger charge is -2.05. The lowest BCUT2D eigenvalue weighted by atomic mass is 10.2. The zero-order valence-electron chi connectivity index (χ0n) is 10.3. The number of nitrogens with zero attached hydrogens (tertiary/aromatic N) is 3. The molecule has 0 amide bonds. The van der Waals surface area contributed by atoms with Crippen molar-refractivity contribution < 1.29 is 4.92 Å². The summed E-state index contributed by atoms with van der Waals surface area (Å²) in [5.41, 5.74) is 0.953. The largest absolute Gasteiger partial charge is 0.321 e. The van der Waals surface area contributed by atoms with Crippen LogP contribution in [0.5, 0.6) is 0 Å². The maximum absolute atomic E-state index is 10.7. The first-order chi connectivity index (χ1) is 9.08. The number of non-ortho nitro benzene ring substituents is 1. The quantitative estimate of drug-likeness (QED) is 0.673. The van der Waals surface area contributed by atoms with Crippen molar-refractivity contribution in [2.45, 2.75) is 13.1 Å². The predicted octanol–water partition coefficient (Wildman–Crippen LogP) is 2.27. The van der Waals surface area contributed by atoms with Gasteiger partial charge in [-0.1, -0.05) is 23.7 Å². The van der Waals surface area contributed by atoms with Gasteiger partial charge in [0.05, 0.1) is 17.7 Å². The van der Waals surface area contributed by atoms with Gasteiger partial charge in [0.1, 0.15) is 11.0 Å². The molecule has 1 N–H and O–H groups in total. The lowest BCUT2D eigenvalue weighted by molar-refractivity contribution is -0.384. The third-order valence-electron chi connectivity index (χ3n) is 2.76. The number of imidazole rings is 1. The summed E-state index contributed by atoms with van der Waals surface area (Å²) >= 11 is 5.88. The number of hydrogen-bond acceptors (Lipinski definition) is 4. The fourth-order valence-electron chi connectivity index (χ4n) is 1.69. The summed E-state index contributed by atoms with van der Waals surface area (Å²) in [5.74, 6) is 0.815. The molecule has 0 radical (unpaired) electrons. The van der Waals surface area contributed by atoms with Gasteiger partial charge in [-0.05, 0) is 5.56 Å². The standard InChI is InChI=1S/C12H13ClN4O2/c1-16-11(13)7-15-12(16)8-14-6-9-3-2-4-10(5-9)17(18)19/h2-5,7,14H,6,8H2,1H3. The monoisotopic (exact) mass is 280 g/mol. The van der Waals surface area contributed by atoms with Crippen LogP contribution >= 0.6 is 11.6 Å². The molecular weight excluding hydrogens is 268 g/mol. The van der Waals surface area contributed by atoms with Crippen molar-refractivity contribution in [2.24, 2.45) is 7.05 Å². The van der Waals surface area contributed by atoms with Gasteiger partial charge < -0.3 is 9.88 Å². The van der Waals surface area contributed by atoms with Crippen LogP contribution < -0.4 is 5.32 Å². The topological polar surface area (TPSA) is 73.0 Å². The van der Waals surface area contributed by atoms with E-state index >= 15 is 0 Å². The molecule has 1 aromatic heterocycles. The SMILES string of the molecule is Cn1c(Cl)cnc1CNCc1cccc([N+](=O)[O-])c1. The first-order valence-corrected chi connectivity index (χ1v) is 6.06. The molecule has 0 saturated carbocycles. The number of benzene rings is 1. The molecule has 1 heterocycles. The van der Waals surface area contributed by atoms with Gasteiger partial charge in [0.2, 0.25) is 0 Å². The summed E-state index contributed by atoms with van der Waals surface area (Å²) in [7, 11) is 1.83. The summed E-state index contributed by atoms with van der Waals surface area (Å²) in [6, 6.07) is 6.54. The Morgan fingerprint density at radius 1 is 1.47 bits per heavy atom. The summed E-state index contributed by atoms with van der Waals surface area (Å²) in [6.07, 6.45) is 1.59. The smallest absolute Gasteiger partial charge is 0.269 e. The maximum Gasteiger partial charge on any atom is 0.269 e. The van der Waals surface area contributed by atoms with Crippen molar-refractivity contribution in [3.63, 3.8) is 0 Å². The van der Waals surface area contributed by atoms with Crippen molar-refractivity contribution in [2.75, 3.05) is 0 Å². The van der Waals surface area contributed by atoms with Gasteiger partial charge in [-0.25, -0.2) is 4.98 Å².